The summed E-state index contributed by atoms with van der Waals surface area (Å²) in [7, 11) is -1.08. The normalized spacial score (nSPS) is 21.7. The summed E-state index contributed by atoms with van der Waals surface area (Å²) >= 11 is 0. The molecule has 1 aliphatic rings. The van der Waals surface area contributed by atoms with Crippen LogP contribution in [0.4, 0.5) is 0 Å². The molecule has 1 N–H and O–H groups in total. The number of carbonyl (C=O) groups is 1. The third kappa shape index (κ3) is 3.83. The molecule has 0 bridgehead atoms. The van der Waals surface area contributed by atoms with E-state index in [4.69, 9.17) is 4.74 Å². The molecule has 0 radical (unpaired) electrons. The Morgan fingerprint density at radius 1 is 1.29 bits per heavy atom. The first kappa shape index (κ1) is 20.7. The second-order valence-corrected chi connectivity index (χ2v) is 7.32. The molecule has 1 heterocycles. The van der Waals surface area contributed by atoms with Gasteiger partial charge in [0, 0.05) is 25.2 Å². The summed E-state index contributed by atoms with van der Waals surface area (Å²) in [6.07, 6.45) is 0. The molecule has 1 aromatic carbocycles. The topological polar surface area (TPSA) is 84.9 Å². The van der Waals surface area contributed by atoms with Crippen LogP contribution in [0.2, 0.25) is 0 Å². The number of ether oxygens (including phenoxy) is 2. The molecule has 2 unspecified atom stereocenters. The number of hydrogen-bond acceptors (Lipinski definition) is 6. The van der Waals surface area contributed by atoms with Crippen molar-refractivity contribution >= 4 is 28.4 Å². The zero-order valence-corrected chi connectivity index (χ0v) is 15.7. The Kier molecular flexibility index (Phi) is 7.03. The SMILES string of the molecule is COC(=O)c1ccc(S(=O)(=O)N2CCNC(C)C2C)c(OC)c1.Cl. The van der Waals surface area contributed by atoms with Crippen molar-refractivity contribution in [2.45, 2.75) is 30.8 Å². The Labute approximate surface area is 148 Å². The van der Waals surface area contributed by atoms with Crippen molar-refractivity contribution in [2.24, 2.45) is 0 Å². The predicted octanol–water partition coefficient (Wildman–Crippen LogP) is 1.27. The van der Waals surface area contributed by atoms with Crippen LogP contribution in [0.5, 0.6) is 5.75 Å². The molecule has 0 aromatic heterocycles. The summed E-state index contributed by atoms with van der Waals surface area (Å²) in [5, 5.41) is 3.25. The van der Waals surface area contributed by atoms with Gasteiger partial charge in [0.25, 0.3) is 0 Å². The highest BCUT2D eigenvalue weighted by molar-refractivity contribution is 7.89. The highest BCUT2D eigenvalue weighted by Gasteiger charge is 2.36. The number of piperazine rings is 1. The minimum absolute atomic E-state index is 0. The van der Waals surface area contributed by atoms with E-state index in [-0.39, 0.29) is 40.7 Å². The average molecular weight is 379 g/mol. The molecule has 0 spiro atoms. The molecule has 1 fully saturated rings. The van der Waals surface area contributed by atoms with Gasteiger partial charge in [-0.3, -0.25) is 0 Å². The maximum absolute atomic E-state index is 13.0. The van der Waals surface area contributed by atoms with Gasteiger partial charge in [-0.05, 0) is 32.0 Å². The largest absolute Gasteiger partial charge is 0.495 e. The number of carbonyl (C=O) groups excluding carboxylic acids is 1. The lowest BCUT2D eigenvalue weighted by atomic mass is 10.1. The maximum Gasteiger partial charge on any atom is 0.337 e. The zero-order valence-electron chi connectivity index (χ0n) is 14.1. The average Bonchev–Trinajstić information content (AvgIpc) is 2.55. The lowest BCUT2D eigenvalue weighted by molar-refractivity contribution is 0.0600. The number of sulfonamides is 1. The monoisotopic (exact) mass is 378 g/mol. The van der Waals surface area contributed by atoms with Gasteiger partial charge < -0.3 is 14.8 Å². The molecule has 1 saturated heterocycles. The molecule has 0 amide bonds. The highest BCUT2D eigenvalue weighted by atomic mass is 35.5. The molecule has 0 saturated carbocycles. The van der Waals surface area contributed by atoms with Crippen LogP contribution in [0.25, 0.3) is 0 Å². The number of nitrogens with one attached hydrogen (secondary N) is 1. The molecule has 24 heavy (non-hydrogen) atoms. The Morgan fingerprint density at radius 3 is 2.54 bits per heavy atom. The van der Waals surface area contributed by atoms with Gasteiger partial charge in [-0.15, -0.1) is 12.4 Å². The van der Waals surface area contributed by atoms with Crippen molar-refractivity contribution in [2.75, 3.05) is 27.3 Å². The number of hydrogen-bond donors (Lipinski definition) is 1. The summed E-state index contributed by atoms with van der Waals surface area (Å²) in [4.78, 5) is 11.6. The summed E-state index contributed by atoms with van der Waals surface area (Å²) < 4.78 is 37.3. The van der Waals surface area contributed by atoms with Gasteiger partial charge in [-0.2, -0.15) is 4.31 Å². The van der Waals surface area contributed by atoms with E-state index >= 15 is 0 Å². The fourth-order valence-electron chi connectivity index (χ4n) is 2.62. The number of benzene rings is 1. The molecule has 1 aromatic rings. The maximum atomic E-state index is 13.0. The molecule has 7 nitrogen and oxygen atoms in total. The van der Waals surface area contributed by atoms with Gasteiger partial charge in [-0.1, -0.05) is 0 Å². The second kappa shape index (κ2) is 8.15. The highest BCUT2D eigenvalue weighted by Crippen LogP contribution is 2.30. The van der Waals surface area contributed by atoms with Crippen LogP contribution in [0.1, 0.15) is 24.2 Å². The van der Waals surface area contributed by atoms with E-state index in [2.05, 4.69) is 10.1 Å². The van der Waals surface area contributed by atoms with Crippen molar-refractivity contribution in [3.05, 3.63) is 23.8 Å². The number of esters is 1. The summed E-state index contributed by atoms with van der Waals surface area (Å²) in [6.45, 7) is 4.79. The molecule has 136 valence electrons. The summed E-state index contributed by atoms with van der Waals surface area (Å²) in [6, 6.07) is 4.07. The lowest BCUT2D eigenvalue weighted by Gasteiger charge is -2.37. The van der Waals surface area contributed by atoms with Crippen LogP contribution in [0, 0.1) is 0 Å². The van der Waals surface area contributed by atoms with Gasteiger partial charge in [0.2, 0.25) is 10.0 Å². The molecule has 2 atom stereocenters. The number of nitrogens with zero attached hydrogens (tertiary/aromatic N) is 1. The first-order valence-electron chi connectivity index (χ1n) is 7.34. The first-order valence-corrected chi connectivity index (χ1v) is 8.78. The van der Waals surface area contributed by atoms with E-state index in [0.29, 0.717) is 13.1 Å². The lowest BCUT2D eigenvalue weighted by Crippen LogP contribution is -2.57. The van der Waals surface area contributed by atoms with Crippen molar-refractivity contribution in [3.8, 4) is 5.75 Å². The van der Waals surface area contributed by atoms with Crippen molar-refractivity contribution in [3.63, 3.8) is 0 Å². The molecule has 2 rings (SSSR count). The minimum atomic E-state index is -3.72. The fraction of sp³-hybridized carbons (Fsp3) is 0.533. The van der Waals surface area contributed by atoms with Crippen LogP contribution in [0.3, 0.4) is 0 Å². The van der Waals surface area contributed by atoms with E-state index < -0.39 is 16.0 Å². The standard InChI is InChI=1S/C15H22N2O5S.ClH/c1-10-11(2)17(8-7-16-10)23(19,20)14-6-5-12(15(18)22-4)9-13(14)21-3;/h5-6,9-11,16H,7-8H2,1-4H3;1H. The summed E-state index contributed by atoms with van der Waals surface area (Å²) in [5.74, 6) is -0.414. The van der Waals surface area contributed by atoms with Crippen molar-refractivity contribution in [1.82, 2.24) is 9.62 Å². The molecular weight excluding hydrogens is 356 g/mol. The van der Waals surface area contributed by atoms with Crippen LogP contribution in [0.15, 0.2) is 23.1 Å². The Hall–Kier alpha value is -1.35. The van der Waals surface area contributed by atoms with Crippen LogP contribution in [-0.2, 0) is 14.8 Å². The second-order valence-electron chi connectivity index (χ2n) is 5.46. The van der Waals surface area contributed by atoms with E-state index in [1.807, 2.05) is 13.8 Å². The van der Waals surface area contributed by atoms with Crippen LogP contribution in [-0.4, -0.2) is 58.1 Å². The smallest absolute Gasteiger partial charge is 0.337 e. The van der Waals surface area contributed by atoms with Gasteiger partial charge in [0.15, 0.2) is 0 Å². The fourth-order valence-corrected chi connectivity index (χ4v) is 4.46. The third-order valence-corrected chi connectivity index (χ3v) is 6.17. The Morgan fingerprint density at radius 2 is 1.96 bits per heavy atom. The van der Waals surface area contributed by atoms with E-state index in [0.717, 1.165) is 0 Å². The number of methoxy groups -OCH3 is 2. The number of rotatable bonds is 4. The zero-order chi connectivity index (χ0) is 17.2. The summed E-state index contributed by atoms with van der Waals surface area (Å²) in [5.41, 5.74) is 0.241. The first-order chi connectivity index (χ1) is 10.8. The van der Waals surface area contributed by atoms with E-state index in [9.17, 15) is 13.2 Å². The molecule has 9 heteroatoms. The Balaban J connectivity index is 0.00000288. The molecule has 0 aliphatic carbocycles. The quantitative estimate of drug-likeness (QED) is 0.794. The van der Waals surface area contributed by atoms with E-state index in [1.54, 1.807) is 0 Å². The van der Waals surface area contributed by atoms with Gasteiger partial charge in [-0.25, -0.2) is 13.2 Å². The van der Waals surface area contributed by atoms with Gasteiger partial charge >= 0.3 is 5.97 Å². The predicted molar refractivity (Wildman–Crippen MR) is 92.4 cm³/mol. The van der Waals surface area contributed by atoms with Crippen molar-refractivity contribution < 1.29 is 22.7 Å². The minimum Gasteiger partial charge on any atom is -0.495 e. The van der Waals surface area contributed by atoms with Gasteiger partial charge in [0.1, 0.15) is 10.6 Å². The Bertz CT molecular complexity index is 695. The van der Waals surface area contributed by atoms with Crippen LogP contribution >= 0.6 is 12.4 Å². The van der Waals surface area contributed by atoms with E-state index in [1.165, 1.54) is 36.7 Å². The molecular formula is C15H23ClN2O5S. The third-order valence-electron chi connectivity index (χ3n) is 4.15. The van der Waals surface area contributed by atoms with Crippen molar-refractivity contribution in [1.29, 1.82) is 0 Å². The number of halogens is 1. The molecule has 1 aliphatic heterocycles. The van der Waals surface area contributed by atoms with Crippen LogP contribution < -0.4 is 10.1 Å². The van der Waals surface area contributed by atoms with Gasteiger partial charge in [0.05, 0.1) is 19.8 Å².